The number of anilines is 3. The number of fused-ring (bicyclic) bond motifs is 3. The quantitative estimate of drug-likeness (QED) is 0.131. The number of benzene rings is 11. The molecule has 0 saturated heterocycles. The van der Waals surface area contributed by atoms with Gasteiger partial charge in [0.25, 0.3) is 0 Å². The van der Waals surface area contributed by atoms with E-state index in [0.29, 0.717) is 0 Å². The van der Waals surface area contributed by atoms with Crippen LogP contribution in [0, 0.1) is 0 Å². The molecule has 0 radical (unpaired) electrons. The molecule has 11 aromatic carbocycles. The van der Waals surface area contributed by atoms with Crippen molar-refractivity contribution in [3.63, 3.8) is 0 Å². The van der Waals surface area contributed by atoms with Crippen LogP contribution in [0.2, 0.25) is 0 Å². The lowest BCUT2D eigenvalue weighted by Gasteiger charge is -2.30. The molecule has 0 aliphatic rings. The monoisotopic (exact) mass is 801 g/mol. The van der Waals surface area contributed by atoms with Gasteiger partial charge in [-0.3, -0.25) is 0 Å². The van der Waals surface area contributed by atoms with Crippen molar-refractivity contribution in [2.45, 2.75) is 0 Å². The minimum absolute atomic E-state index is 1.07. The second kappa shape index (κ2) is 16.7. The van der Waals surface area contributed by atoms with Crippen LogP contribution >= 0.6 is 0 Å². The largest absolute Gasteiger partial charge is 0.309 e. The van der Waals surface area contributed by atoms with Gasteiger partial charge >= 0.3 is 0 Å². The number of para-hydroxylation sites is 1. The Morgan fingerprint density at radius 3 is 1.22 bits per heavy atom. The van der Waals surface area contributed by atoms with Crippen LogP contribution < -0.4 is 4.90 Å². The molecule has 1 heteroatoms. The van der Waals surface area contributed by atoms with Gasteiger partial charge in [-0.15, -0.1) is 0 Å². The summed E-state index contributed by atoms with van der Waals surface area (Å²) in [5.41, 5.74) is 17.4. The molecule has 11 rings (SSSR count). The first-order chi connectivity index (χ1) is 31.2. The second-order valence-corrected chi connectivity index (χ2v) is 16.1. The average molecular weight is 802 g/mol. The van der Waals surface area contributed by atoms with Crippen LogP contribution in [0.4, 0.5) is 17.1 Å². The van der Waals surface area contributed by atoms with Crippen LogP contribution in [-0.4, -0.2) is 0 Å². The first-order valence-electron chi connectivity index (χ1n) is 21.7. The van der Waals surface area contributed by atoms with E-state index in [1.54, 1.807) is 0 Å². The van der Waals surface area contributed by atoms with Gasteiger partial charge in [-0.2, -0.15) is 0 Å². The summed E-state index contributed by atoms with van der Waals surface area (Å²) < 4.78 is 0. The molecular weight excluding hydrogens is 759 g/mol. The van der Waals surface area contributed by atoms with Gasteiger partial charge in [0, 0.05) is 16.8 Å². The fourth-order valence-electron chi connectivity index (χ4n) is 9.17. The number of rotatable bonds is 9. The van der Waals surface area contributed by atoms with Crippen molar-refractivity contribution >= 4 is 38.6 Å². The molecule has 0 saturated carbocycles. The fourth-order valence-corrected chi connectivity index (χ4v) is 9.17. The van der Waals surface area contributed by atoms with Gasteiger partial charge in [0.1, 0.15) is 0 Å². The van der Waals surface area contributed by atoms with E-state index >= 15 is 0 Å². The molecule has 11 aromatic rings. The molecule has 0 aliphatic heterocycles. The Morgan fingerprint density at radius 2 is 0.635 bits per heavy atom. The first kappa shape index (κ1) is 37.7. The molecular formula is C62H43N. The zero-order valence-corrected chi connectivity index (χ0v) is 34.8. The second-order valence-electron chi connectivity index (χ2n) is 16.1. The lowest BCUT2D eigenvalue weighted by molar-refractivity contribution is 1.28. The van der Waals surface area contributed by atoms with Crippen molar-refractivity contribution in [3.8, 4) is 66.8 Å². The van der Waals surface area contributed by atoms with Crippen molar-refractivity contribution in [1.29, 1.82) is 0 Å². The summed E-state index contributed by atoms with van der Waals surface area (Å²) in [4.78, 5) is 2.47. The summed E-state index contributed by atoms with van der Waals surface area (Å²) in [5, 5.41) is 4.99. The third-order valence-electron chi connectivity index (χ3n) is 12.2. The molecule has 0 aromatic heterocycles. The number of hydrogen-bond acceptors (Lipinski definition) is 1. The zero-order chi connectivity index (χ0) is 42.0. The van der Waals surface area contributed by atoms with Gasteiger partial charge in [0.05, 0.1) is 11.4 Å². The smallest absolute Gasteiger partial charge is 0.0546 e. The van der Waals surface area contributed by atoms with E-state index < -0.39 is 0 Å². The van der Waals surface area contributed by atoms with E-state index in [2.05, 4.69) is 266 Å². The number of hydrogen-bond donors (Lipinski definition) is 0. The highest BCUT2D eigenvalue weighted by Gasteiger charge is 2.22. The maximum absolute atomic E-state index is 2.47. The van der Waals surface area contributed by atoms with Gasteiger partial charge in [-0.05, 0) is 126 Å². The highest BCUT2D eigenvalue weighted by atomic mass is 15.1. The minimum Gasteiger partial charge on any atom is -0.309 e. The van der Waals surface area contributed by atoms with Crippen molar-refractivity contribution in [2.24, 2.45) is 0 Å². The topological polar surface area (TPSA) is 3.24 Å². The Kier molecular flexibility index (Phi) is 9.97. The van der Waals surface area contributed by atoms with Crippen LogP contribution in [0.15, 0.2) is 261 Å². The molecule has 0 bridgehead atoms. The Morgan fingerprint density at radius 1 is 0.206 bits per heavy atom. The Hall–Kier alpha value is -8.26. The van der Waals surface area contributed by atoms with E-state index in [1.807, 2.05) is 0 Å². The molecule has 0 amide bonds. The highest BCUT2D eigenvalue weighted by Crippen LogP contribution is 2.47. The summed E-state index contributed by atoms with van der Waals surface area (Å²) in [7, 11) is 0. The summed E-state index contributed by atoms with van der Waals surface area (Å²) in [5.74, 6) is 0. The maximum Gasteiger partial charge on any atom is 0.0546 e. The van der Waals surface area contributed by atoms with E-state index in [1.165, 1.54) is 60.5 Å². The van der Waals surface area contributed by atoms with Gasteiger partial charge in [0.2, 0.25) is 0 Å². The molecule has 0 unspecified atom stereocenters. The predicted molar refractivity (Wildman–Crippen MR) is 269 cm³/mol. The van der Waals surface area contributed by atoms with Crippen LogP contribution in [0.1, 0.15) is 0 Å². The summed E-state index contributed by atoms with van der Waals surface area (Å²) in [6.45, 7) is 0. The van der Waals surface area contributed by atoms with Crippen LogP contribution in [0.25, 0.3) is 88.3 Å². The normalized spacial score (nSPS) is 11.2. The van der Waals surface area contributed by atoms with Gasteiger partial charge in [-0.1, -0.05) is 212 Å². The third kappa shape index (κ3) is 7.37. The van der Waals surface area contributed by atoms with E-state index in [9.17, 15) is 0 Å². The maximum atomic E-state index is 2.47. The molecule has 0 atom stereocenters. The number of nitrogens with zero attached hydrogens (tertiary/aromatic N) is 1. The molecule has 0 fully saturated rings. The van der Waals surface area contributed by atoms with Gasteiger partial charge in [0.15, 0.2) is 0 Å². The molecule has 1 nitrogen and oxygen atoms in total. The first-order valence-corrected chi connectivity index (χ1v) is 21.7. The van der Waals surface area contributed by atoms with E-state index in [-0.39, 0.29) is 0 Å². The van der Waals surface area contributed by atoms with Crippen molar-refractivity contribution < 1.29 is 0 Å². The molecule has 0 spiro atoms. The van der Waals surface area contributed by atoms with Crippen molar-refractivity contribution in [1.82, 2.24) is 0 Å². The molecule has 0 aliphatic carbocycles. The lowest BCUT2D eigenvalue weighted by Crippen LogP contribution is -2.12. The molecule has 0 N–H and O–H groups in total. The Bertz CT molecular complexity index is 3300. The van der Waals surface area contributed by atoms with Crippen LogP contribution in [0.3, 0.4) is 0 Å². The van der Waals surface area contributed by atoms with Crippen LogP contribution in [0.5, 0.6) is 0 Å². The minimum atomic E-state index is 1.07. The molecule has 63 heavy (non-hydrogen) atoms. The molecule has 0 heterocycles. The summed E-state index contributed by atoms with van der Waals surface area (Å²) >= 11 is 0. The van der Waals surface area contributed by atoms with E-state index in [4.69, 9.17) is 0 Å². The highest BCUT2D eigenvalue weighted by molar-refractivity contribution is 6.14. The Balaban J connectivity index is 1.13. The van der Waals surface area contributed by atoms with Gasteiger partial charge in [-0.25, -0.2) is 0 Å². The molecule has 296 valence electrons. The van der Waals surface area contributed by atoms with Crippen molar-refractivity contribution in [3.05, 3.63) is 261 Å². The average Bonchev–Trinajstić information content (AvgIpc) is 3.37. The standard InChI is InChI=1S/C62H43N/c1-5-19-44(20-6-1)51-39-52(45-21-7-2-8-22-45)41-53(40-51)46-33-36-54(37-34-46)63(61-32-18-17-29-56(61)47-23-9-3-10-24-47)62-43-50(35-38-57(62)48-25-11-4-12-26-48)60-42-49-27-13-14-28-55(49)58-30-15-16-31-59(58)60/h1-43H. The summed E-state index contributed by atoms with van der Waals surface area (Å²) in [6, 6.07) is 94.8. The summed E-state index contributed by atoms with van der Waals surface area (Å²) in [6.07, 6.45) is 0. The van der Waals surface area contributed by atoms with E-state index in [0.717, 1.165) is 44.9 Å². The SMILES string of the molecule is c1ccc(-c2cc(-c3ccccc3)cc(-c3ccc(N(c4ccccc4-c4ccccc4)c4cc(-c5cc6ccccc6c6ccccc56)ccc4-c4ccccc4)cc3)c2)cc1. The van der Waals surface area contributed by atoms with Crippen LogP contribution in [-0.2, 0) is 0 Å². The zero-order valence-electron chi connectivity index (χ0n) is 34.8. The Labute approximate surface area is 369 Å². The fraction of sp³-hybridized carbons (Fsp3) is 0. The predicted octanol–water partition coefficient (Wildman–Crippen LogP) is 17.5. The third-order valence-corrected chi connectivity index (χ3v) is 12.2. The lowest BCUT2D eigenvalue weighted by atomic mass is 9.91. The van der Waals surface area contributed by atoms with Gasteiger partial charge < -0.3 is 4.90 Å². The van der Waals surface area contributed by atoms with Crippen molar-refractivity contribution in [2.75, 3.05) is 4.90 Å².